The number of rotatable bonds is 10. The Morgan fingerprint density at radius 3 is 1.05 bits per heavy atom. The maximum atomic E-state index is 13.0. The molecule has 0 N–H and O–H groups in total. The fourth-order valence-electron chi connectivity index (χ4n) is 12.4. The molecule has 13 rings (SSSR count). The molecule has 3 unspecified atom stereocenters. The monoisotopic (exact) mass is 959 g/mol. The van der Waals surface area contributed by atoms with Crippen LogP contribution in [0.2, 0.25) is 0 Å². The first-order chi connectivity index (χ1) is 35.8. The second kappa shape index (κ2) is 18.2. The highest BCUT2D eigenvalue weighted by molar-refractivity contribution is 7.70. The molecule has 0 spiro atoms. The molecule has 3 atom stereocenters. The van der Waals surface area contributed by atoms with Crippen LogP contribution in [-0.2, 0) is 9.98 Å². The van der Waals surface area contributed by atoms with Crippen molar-refractivity contribution in [2.75, 3.05) is 13.3 Å². The van der Waals surface area contributed by atoms with Crippen molar-refractivity contribution in [3.8, 4) is 78.7 Å². The van der Waals surface area contributed by atoms with Crippen LogP contribution in [0.3, 0.4) is 0 Å². The molecule has 2 bridgehead atoms. The van der Waals surface area contributed by atoms with Crippen molar-refractivity contribution in [2.45, 2.75) is 31.1 Å². The molecule has 0 saturated heterocycles. The summed E-state index contributed by atoms with van der Waals surface area (Å²) in [6.45, 7) is 3.68. The Labute approximate surface area is 427 Å². The molecule has 1 heterocycles. The first kappa shape index (κ1) is 44.9. The molecular weight excluding hydrogens is 906 g/mol. The molecule has 2 saturated carbocycles. The zero-order valence-electron chi connectivity index (χ0n) is 41.1. The van der Waals surface area contributed by atoms with E-state index >= 15 is 0 Å². The van der Waals surface area contributed by atoms with Gasteiger partial charge in [-0.15, -0.1) is 0 Å². The van der Waals surface area contributed by atoms with Gasteiger partial charge in [-0.3, -0.25) is 0 Å². The quantitative estimate of drug-likeness (QED) is 0.101. The molecular formula is C68H54N3OP. The summed E-state index contributed by atoms with van der Waals surface area (Å²) >= 11 is 0. The van der Waals surface area contributed by atoms with Crippen LogP contribution in [0.25, 0.3) is 100 Å². The Bertz CT molecular complexity index is 3710. The lowest BCUT2D eigenvalue weighted by atomic mass is 9.64. The minimum atomic E-state index is -2.38. The maximum absolute atomic E-state index is 13.0. The number of nitrogens with zero attached hydrogens (tertiary/aromatic N) is 3. The summed E-state index contributed by atoms with van der Waals surface area (Å²) in [5, 5.41) is 5.79. The minimum absolute atomic E-state index is 0.0858. The zero-order valence-corrected chi connectivity index (χ0v) is 42.0. The molecule has 0 aliphatic heterocycles. The van der Waals surface area contributed by atoms with Crippen LogP contribution >= 0.6 is 7.14 Å². The van der Waals surface area contributed by atoms with Crippen LogP contribution in [0.15, 0.2) is 231 Å². The minimum Gasteiger partial charge on any atom is -0.319 e. The van der Waals surface area contributed by atoms with E-state index in [1.165, 1.54) is 79.8 Å². The molecule has 0 amide bonds. The van der Waals surface area contributed by atoms with E-state index < -0.39 is 7.14 Å². The normalized spacial score (nSPS) is 17.3. The smallest absolute Gasteiger partial charge is 0.164 e. The van der Waals surface area contributed by atoms with Crippen molar-refractivity contribution in [3.05, 3.63) is 242 Å². The van der Waals surface area contributed by atoms with Crippen LogP contribution in [0.5, 0.6) is 0 Å². The van der Waals surface area contributed by atoms with Gasteiger partial charge >= 0.3 is 0 Å². The van der Waals surface area contributed by atoms with Crippen molar-refractivity contribution in [3.63, 3.8) is 0 Å². The van der Waals surface area contributed by atoms with Gasteiger partial charge in [0.05, 0.1) is 0 Å². The summed E-state index contributed by atoms with van der Waals surface area (Å²) < 4.78 is 13.0. The third-order valence-corrected chi connectivity index (χ3v) is 17.6. The van der Waals surface area contributed by atoms with Gasteiger partial charge in [-0.05, 0) is 122 Å². The molecule has 2 aliphatic rings. The first-order valence-electron chi connectivity index (χ1n) is 25.7. The lowest BCUT2D eigenvalue weighted by Gasteiger charge is -2.39. The Hall–Kier alpha value is -8.04. The molecule has 10 aromatic carbocycles. The average Bonchev–Trinajstić information content (AvgIpc) is 4.08. The summed E-state index contributed by atoms with van der Waals surface area (Å²) in [5.41, 5.74) is 15.0. The Balaban J connectivity index is 0.873. The zero-order chi connectivity index (χ0) is 49.1. The Morgan fingerprint density at radius 1 is 0.370 bits per heavy atom. The summed E-state index contributed by atoms with van der Waals surface area (Å²) in [4.78, 5) is 15.5. The van der Waals surface area contributed by atoms with Crippen LogP contribution in [-0.4, -0.2) is 28.3 Å². The second-order valence-electron chi connectivity index (χ2n) is 20.6. The van der Waals surface area contributed by atoms with E-state index in [1.54, 1.807) is 0 Å². The van der Waals surface area contributed by atoms with E-state index in [9.17, 15) is 4.57 Å². The number of aromatic nitrogens is 3. The van der Waals surface area contributed by atoms with Gasteiger partial charge in [0.25, 0.3) is 0 Å². The highest BCUT2D eigenvalue weighted by atomic mass is 31.2. The largest absolute Gasteiger partial charge is 0.319 e. The van der Waals surface area contributed by atoms with E-state index in [1.807, 2.05) is 37.6 Å². The van der Waals surface area contributed by atoms with Crippen molar-refractivity contribution < 1.29 is 4.57 Å². The van der Waals surface area contributed by atoms with Crippen molar-refractivity contribution in [1.82, 2.24) is 15.0 Å². The molecule has 5 heteroatoms. The Morgan fingerprint density at radius 2 is 0.699 bits per heavy atom. The predicted octanol–water partition coefficient (Wildman–Crippen LogP) is 17.2. The number of benzene rings is 10. The molecule has 73 heavy (non-hydrogen) atoms. The van der Waals surface area contributed by atoms with Gasteiger partial charge in [0.15, 0.2) is 17.5 Å². The topological polar surface area (TPSA) is 55.7 Å². The summed E-state index contributed by atoms with van der Waals surface area (Å²) in [7, 11) is -2.38. The summed E-state index contributed by atoms with van der Waals surface area (Å²) in [6, 6.07) is 82.9. The molecule has 0 radical (unpaired) electrons. The van der Waals surface area contributed by atoms with E-state index in [0.29, 0.717) is 23.4 Å². The van der Waals surface area contributed by atoms with Crippen molar-refractivity contribution in [2.24, 2.45) is 11.8 Å². The average molecular weight is 960 g/mol. The fourth-order valence-corrected chi connectivity index (χ4v) is 13.3. The van der Waals surface area contributed by atoms with Gasteiger partial charge in [0.2, 0.25) is 0 Å². The molecule has 352 valence electrons. The van der Waals surface area contributed by atoms with Crippen LogP contribution < -0.4 is 5.30 Å². The van der Waals surface area contributed by atoms with Gasteiger partial charge in [0.1, 0.15) is 7.14 Å². The SMILES string of the molecule is CP(C)(=O)c1ccc(-c2c3ccccc3c(-c3ccc(C4(c5ccc(-c6nc(-c7ccc(-c8ccccc8)cc7)nc(-c7ccc(-c8ccccc8)cc7)n6)cc5)CC5CCC4C5)cc3)c3ccccc23)cc1. The van der Waals surface area contributed by atoms with Crippen LogP contribution in [0.4, 0.5) is 0 Å². The van der Waals surface area contributed by atoms with Gasteiger partial charge in [-0.25, -0.2) is 15.0 Å². The van der Waals surface area contributed by atoms with Crippen molar-refractivity contribution in [1.29, 1.82) is 0 Å². The van der Waals surface area contributed by atoms with Gasteiger partial charge < -0.3 is 4.57 Å². The summed E-state index contributed by atoms with van der Waals surface area (Å²) in [6.07, 6.45) is 4.97. The van der Waals surface area contributed by atoms with Crippen molar-refractivity contribution >= 4 is 34.0 Å². The predicted molar refractivity (Wildman–Crippen MR) is 305 cm³/mol. The highest BCUT2D eigenvalue weighted by Gasteiger charge is 2.52. The highest BCUT2D eigenvalue weighted by Crippen LogP contribution is 2.60. The third-order valence-electron chi connectivity index (χ3n) is 16.0. The first-order valence-corrected chi connectivity index (χ1v) is 28.3. The molecule has 11 aromatic rings. The Kier molecular flexibility index (Phi) is 11.2. The third kappa shape index (κ3) is 8.11. The lowest BCUT2D eigenvalue weighted by molar-refractivity contribution is 0.320. The van der Waals surface area contributed by atoms with Crippen LogP contribution in [0, 0.1) is 11.8 Å². The van der Waals surface area contributed by atoms with E-state index in [0.717, 1.165) is 51.0 Å². The number of fused-ring (bicyclic) bond motifs is 4. The standard InChI is InChI=1S/C68H54N3OP/c1-73(2,72)58-41-34-51(35-42-58)64-61-19-11-9-17-59(61)63(60-18-10-12-20-62(60)64)50-30-37-55(38-31-50)68(44-45-21-36-57(68)43-45)56-39-32-54(33-40-56)67-70-65(52-26-22-48(23-27-52)46-13-5-3-6-14-46)69-66(71-67)53-28-24-49(25-29-53)47-15-7-4-8-16-47/h3-20,22-35,37-42,45,57H,21,36,43-44H2,1-2H3. The second-order valence-corrected chi connectivity index (χ2v) is 23.9. The molecule has 2 fully saturated rings. The summed E-state index contributed by atoms with van der Waals surface area (Å²) in [5.74, 6) is 3.25. The van der Waals surface area contributed by atoms with Gasteiger partial charge in [-0.1, -0.05) is 237 Å². The number of hydrogen-bond donors (Lipinski definition) is 0. The fraction of sp³-hybridized carbons (Fsp3) is 0.132. The molecule has 2 aliphatic carbocycles. The molecule has 1 aromatic heterocycles. The van der Waals surface area contributed by atoms with E-state index in [2.05, 4.69) is 206 Å². The maximum Gasteiger partial charge on any atom is 0.164 e. The van der Waals surface area contributed by atoms with Gasteiger partial charge in [-0.2, -0.15) is 0 Å². The van der Waals surface area contributed by atoms with E-state index in [-0.39, 0.29) is 5.41 Å². The molecule has 4 nitrogen and oxygen atoms in total. The van der Waals surface area contributed by atoms with E-state index in [4.69, 9.17) is 15.0 Å². The number of hydrogen-bond acceptors (Lipinski definition) is 4. The lowest BCUT2D eigenvalue weighted by Crippen LogP contribution is -2.34. The van der Waals surface area contributed by atoms with Gasteiger partial charge in [0, 0.05) is 27.4 Å². The van der Waals surface area contributed by atoms with Crippen LogP contribution in [0.1, 0.15) is 36.8 Å².